The van der Waals surface area contributed by atoms with Crippen molar-refractivity contribution in [2.75, 3.05) is 0 Å². The van der Waals surface area contributed by atoms with Crippen LogP contribution in [0.1, 0.15) is 25.0 Å². The van der Waals surface area contributed by atoms with E-state index in [-0.39, 0.29) is 5.56 Å². The first kappa shape index (κ1) is 12.0. The van der Waals surface area contributed by atoms with Crippen LogP contribution in [0.15, 0.2) is 18.2 Å². The van der Waals surface area contributed by atoms with Crippen LogP contribution in [0.3, 0.4) is 0 Å². The Labute approximate surface area is 84.3 Å². The van der Waals surface area contributed by atoms with Crippen LogP contribution in [-0.4, -0.2) is 5.11 Å². The minimum Gasteiger partial charge on any atom is -0.386 e. The molecule has 0 radical (unpaired) electrons. The highest BCUT2D eigenvalue weighted by atomic mass is 19.4. The maximum Gasteiger partial charge on any atom is 0.419 e. The van der Waals surface area contributed by atoms with Gasteiger partial charge in [-0.05, 0) is 31.5 Å². The Kier molecular flexibility index (Phi) is 2.78. The van der Waals surface area contributed by atoms with Gasteiger partial charge in [-0.25, -0.2) is 4.39 Å². The van der Waals surface area contributed by atoms with Crippen LogP contribution < -0.4 is 0 Å². The molecular formula is C10H10F4O. The van der Waals surface area contributed by atoms with Gasteiger partial charge in [0, 0.05) is 0 Å². The molecule has 15 heavy (non-hydrogen) atoms. The second-order valence-electron chi connectivity index (χ2n) is 3.75. The van der Waals surface area contributed by atoms with Gasteiger partial charge in [-0.3, -0.25) is 0 Å². The van der Waals surface area contributed by atoms with Crippen LogP contribution in [0.2, 0.25) is 0 Å². The van der Waals surface area contributed by atoms with Gasteiger partial charge in [-0.2, -0.15) is 13.2 Å². The molecule has 0 atom stereocenters. The van der Waals surface area contributed by atoms with E-state index in [1.54, 1.807) is 0 Å². The summed E-state index contributed by atoms with van der Waals surface area (Å²) in [5, 5.41) is 9.46. The average molecular weight is 222 g/mol. The van der Waals surface area contributed by atoms with E-state index < -0.39 is 23.2 Å². The highest BCUT2D eigenvalue weighted by Gasteiger charge is 2.34. The number of halogens is 4. The Morgan fingerprint density at radius 3 is 2.00 bits per heavy atom. The molecule has 0 fully saturated rings. The van der Waals surface area contributed by atoms with E-state index in [4.69, 9.17) is 0 Å². The van der Waals surface area contributed by atoms with Crippen molar-refractivity contribution in [1.29, 1.82) is 0 Å². The van der Waals surface area contributed by atoms with Gasteiger partial charge in [0.25, 0.3) is 0 Å². The molecule has 0 saturated heterocycles. The minimum absolute atomic E-state index is 0.105. The lowest BCUT2D eigenvalue weighted by Crippen LogP contribution is -2.17. The fraction of sp³-hybridized carbons (Fsp3) is 0.400. The van der Waals surface area contributed by atoms with Crippen molar-refractivity contribution in [3.8, 4) is 0 Å². The van der Waals surface area contributed by atoms with Gasteiger partial charge < -0.3 is 5.11 Å². The second-order valence-corrected chi connectivity index (χ2v) is 3.75. The van der Waals surface area contributed by atoms with Crippen molar-refractivity contribution in [2.24, 2.45) is 0 Å². The van der Waals surface area contributed by atoms with Crippen LogP contribution in [0.4, 0.5) is 17.6 Å². The third-order valence-electron chi connectivity index (χ3n) is 1.98. The molecular weight excluding hydrogens is 212 g/mol. The molecule has 0 aliphatic heterocycles. The molecule has 0 bridgehead atoms. The molecule has 0 spiro atoms. The van der Waals surface area contributed by atoms with Gasteiger partial charge in [0.05, 0.1) is 11.2 Å². The molecule has 0 aliphatic carbocycles. The van der Waals surface area contributed by atoms with Crippen molar-refractivity contribution >= 4 is 0 Å². The van der Waals surface area contributed by atoms with Crippen molar-refractivity contribution in [3.63, 3.8) is 0 Å². The number of aliphatic hydroxyl groups is 1. The summed E-state index contributed by atoms with van der Waals surface area (Å²) in [7, 11) is 0. The Bertz CT molecular complexity index is 363. The summed E-state index contributed by atoms with van der Waals surface area (Å²) in [6, 6.07) is 2.39. The lowest BCUT2D eigenvalue weighted by atomic mass is 9.97. The van der Waals surface area contributed by atoms with Gasteiger partial charge in [0.2, 0.25) is 0 Å². The first-order valence-corrected chi connectivity index (χ1v) is 4.22. The van der Waals surface area contributed by atoms with Crippen LogP contribution in [0, 0.1) is 5.82 Å². The summed E-state index contributed by atoms with van der Waals surface area (Å²) >= 11 is 0. The topological polar surface area (TPSA) is 20.2 Å². The van der Waals surface area contributed by atoms with Crippen LogP contribution in [0.25, 0.3) is 0 Å². The number of rotatable bonds is 1. The van der Waals surface area contributed by atoms with Gasteiger partial charge in [-0.15, -0.1) is 0 Å². The van der Waals surface area contributed by atoms with E-state index in [2.05, 4.69) is 0 Å². The predicted octanol–water partition coefficient (Wildman–Crippen LogP) is 3.07. The molecule has 1 aromatic rings. The van der Waals surface area contributed by atoms with E-state index >= 15 is 0 Å². The smallest absolute Gasteiger partial charge is 0.386 e. The fourth-order valence-electron chi connectivity index (χ4n) is 1.13. The normalized spacial score (nSPS) is 13.0. The fourth-order valence-corrected chi connectivity index (χ4v) is 1.13. The quantitative estimate of drug-likeness (QED) is 0.724. The van der Waals surface area contributed by atoms with Crippen molar-refractivity contribution in [3.05, 3.63) is 35.1 Å². The summed E-state index contributed by atoms with van der Waals surface area (Å²) in [6.07, 6.45) is -4.71. The molecule has 0 amide bonds. The predicted molar refractivity (Wildman–Crippen MR) is 46.6 cm³/mol. The molecule has 0 saturated carbocycles. The Morgan fingerprint density at radius 1 is 1.13 bits per heavy atom. The summed E-state index contributed by atoms with van der Waals surface area (Å²) in [5.41, 5.74) is -2.58. The maximum atomic E-state index is 13.0. The second kappa shape index (κ2) is 3.48. The van der Waals surface area contributed by atoms with Crippen molar-refractivity contribution in [1.82, 2.24) is 0 Å². The van der Waals surface area contributed by atoms with E-state index in [1.807, 2.05) is 0 Å². The molecule has 5 heteroatoms. The van der Waals surface area contributed by atoms with Crippen LogP contribution >= 0.6 is 0 Å². The molecule has 0 heterocycles. The summed E-state index contributed by atoms with van der Waals surface area (Å²) in [6.45, 7) is 2.74. The largest absolute Gasteiger partial charge is 0.419 e. The highest BCUT2D eigenvalue weighted by Crippen LogP contribution is 2.33. The number of benzene rings is 1. The van der Waals surface area contributed by atoms with Crippen LogP contribution in [0.5, 0.6) is 0 Å². The monoisotopic (exact) mass is 222 g/mol. The molecule has 0 aliphatic rings. The molecule has 1 rings (SSSR count). The number of hydrogen-bond acceptors (Lipinski definition) is 1. The van der Waals surface area contributed by atoms with Crippen molar-refractivity contribution < 1.29 is 22.7 Å². The summed E-state index contributed by atoms with van der Waals surface area (Å²) in [4.78, 5) is 0. The lowest BCUT2D eigenvalue weighted by molar-refractivity contribution is -0.140. The van der Waals surface area contributed by atoms with E-state index in [1.165, 1.54) is 13.8 Å². The molecule has 1 N–H and O–H groups in total. The zero-order valence-electron chi connectivity index (χ0n) is 8.19. The zero-order chi connectivity index (χ0) is 11.9. The lowest BCUT2D eigenvalue weighted by Gasteiger charge is -2.18. The number of hydrogen-bond donors (Lipinski definition) is 1. The third kappa shape index (κ3) is 2.68. The Balaban J connectivity index is 3.21. The highest BCUT2D eigenvalue weighted by molar-refractivity contribution is 5.29. The van der Waals surface area contributed by atoms with Crippen LogP contribution in [-0.2, 0) is 11.8 Å². The molecule has 0 aromatic heterocycles. The summed E-state index contributed by atoms with van der Waals surface area (Å²) < 4.78 is 49.6. The SMILES string of the molecule is CC(C)(O)c1ccc(C(F)(F)F)c(F)c1. The maximum absolute atomic E-state index is 13.0. The first-order valence-electron chi connectivity index (χ1n) is 4.22. The average Bonchev–Trinajstić information content (AvgIpc) is 1.99. The van der Waals surface area contributed by atoms with Gasteiger partial charge >= 0.3 is 6.18 Å². The Morgan fingerprint density at radius 2 is 1.67 bits per heavy atom. The van der Waals surface area contributed by atoms with E-state index in [9.17, 15) is 22.7 Å². The summed E-state index contributed by atoms with van der Waals surface area (Å²) in [5.74, 6) is -1.37. The molecule has 1 nitrogen and oxygen atoms in total. The third-order valence-corrected chi connectivity index (χ3v) is 1.98. The van der Waals surface area contributed by atoms with Gasteiger partial charge in [0.1, 0.15) is 5.82 Å². The standard InChI is InChI=1S/C10H10F4O/c1-9(2,15)6-3-4-7(8(11)5-6)10(12,13)14/h3-5,15H,1-2H3. The number of alkyl halides is 3. The van der Waals surface area contributed by atoms with E-state index in [0.29, 0.717) is 12.1 Å². The zero-order valence-corrected chi connectivity index (χ0v) is 8.19. The Hall–Kier alpha value is -1.10. The minimum atomic E-state index is -4.71. The first-order chi connectivity index (χ1) is 6.62. The molecule has 1 aromatic carbocycles. The van der Waals surface area contributed by atoms with Gasteiger partial charge in [0.15, 0.2) is 0 Å². The van der Waals surface area contributed by atoms with Gasteiger partial charge in [-0.1, -0.05) is 6.07 Å². The van der Waals surface area contributed by atoms with Crippen molar-refractivity contribution in [2.45, 2.75) is 25.6 Å². The molecule has 84 valence electrons. The molecule has 0 unspecified atom stereocenters. The van der Waals surface area contributed by atoms with E-state index in [0.717, 1.165) is 6.07 Å².